The molecule has 0 aliphatic heterocycles. The molecule has 100 valence electrons. The first-order valence-corrected chi connectivity index (χ1v) is 6.25. The Labute approximate surface area is 115 Å². The van der Waals surface area contributed by atoms with Crippen LogP contribution in [-0.2, 0) is 12.6 Å². The topological polar surface area (TPSA) is 0 Å². The van der Waals surface area contributed by atoms with E-state index in [4.69, 9.17) is 0 Å². The Balaban J connectivity index is 2.24. The van der Waals surface area contributed by atoms with Crippen LogP contribution in [0.25, 0.3) is 0 Å². The molecule has 0 nitrogen and oxygen atoms in total. The van der Waals surface area contributed by atoms with Crippen LogP contribution in [0.3, 0.4) is 0 Å². The molecule has 0 aliphatic rings. The fraction of sp³-hybridized carbons (Fsp3) is 0.200. The van der Waals surface area contributed by atoms with Crippen molar-refractivity contribution in [1.29, 1.82) is 0 Å². The van der Waals surface area contributed by atoms with Gasteiger partial charge in [-0.25, -0.2) is 0 Å². The first-order valence-electron chi connectivity index (χ1n) is 5.81. The summed E-state index contributed by atoms with van der Waals surface area (Å²) in [5.41, 5.74) is 2.34. The summed E-state index contributed by atoms with van der Waals surface area (Å²) in [5, 5.41) is 0. The van der Waals surface area contributed by atoms with Gasteiger partial charge in [-0.2, -0.15) is 13.2 Å². The quantitative estimate of drug-likeness (QED) is 0.745. The van der Waals surface area contributed by atoms with Crippen LogP contribution in [0.1, 0.15) is 22.3 Å². The van der Waals surface area contributed by atoms with E-state index in [2.05, 4.69) is 12.6 Å². The number of halogens is 3. The summed E-state index contributed by atoms with van der Waals surface area (Å²) in [7, 11) is 0. The minimum absolute atomic E-state index is 0.371. The predicted octanol–water partition coefficient (Wildman–Crippen LogP) is 4.89. The maximum atomic E-state index is 12.5. The molecule has 0 bridgehead atoms. The molecule has 0 saturated heterocycles. The Kier molecular flexibility index (Phi) is 3.90. The van der Waals surface area contributed by atoms with Gasteiger partial charge in [0, 0.05) is 4.90 Å². The molecule has 2 rings (SSSR count). The number of alkyl halides is 3. The fourth-order valence-corrected chi connectivity index (χ4v) is 2.11. The summed E-state index contributed by atoms with van der Waals surface area (Å²) in [5.74, 6) is 0. The van der Waals surface area contributed by atoms with Crippen molar-refractivity contribution in [2.75, 3.05) is 0 Å². The van der Waals surface area contributed by atoms with E-state index >= 15 is 0 Å². The summed E-state index contributed by atoms with van der Waals surface area (Å²) in [4.78, 5) is 0.371. The van der Waals surface area contributed by atoms with Gasteiger partial charge in [-0.15, -0.1) is 12.6 Å². The lowest BCUT2D eigenvalue weighted by Crippen LogP contribution is -2.05. The van der Waals surface area contributed by atoms with Crippen molar-refractivity contribution >= 4 is 12.6 Å². The van der Waals surface area contributed by atoms with Gasteiger partial charge in [-0.3, -0.25) is 0 Å². The molecule has 0 amide bonds. The highest BCUT2D eigenvalue weighted by Gasteiger charge is 2.30. The van der Waals surface area contributed by atoms with Crippen molar-refractivity contribution in [3.05, 3.63) is 64.7 Å². The Morgan fingerprint density at radius 1 is 1.00 bits per heavy atom. The van der Waals surface area contributed by atoms with Gasteiger partial charge < -0.3 is 0 Å². The Hall–Kier alpha value is -1.42. The molecule has 0 fully saturated rings. The summed E-state index contributed by atoms with van der Waals surface area (Å²) >= 11 is 4.15. The van der Waals surface area contributed by atoms with E-state index in [0.717, 1.165) is 28.8 Å². The zero-order valence-corrected chi connectivity index (χ0v) is 11.2. The molecule has 0 unspecified atom stereocenters. The lowest BCUT2D eigenvalue weighted by Gasteiger charge is -2.10. The largest absolute Gasteiger partial charge is 0.416 e. The Morgan fingerprint density at radius 3 is 2.16 bits per heavy atom. The number of aryl methyl sites for hydroxylation is 1. The molecular weight excluding hydrogens is 269 g/mol. The van der Waals surface area contributed by atoms with Crippen LogP contribution >= 0.6 is 12.6 Å². The molecule has 0 radical (unpaired) electrons. The number of hydrogen-bond donors (Lipinski definition) is 1. The van der Waals surface area contributed by atoms with Crippen LogP contribution in [0.2, 0.25) is 0 Å². The second-order valence-electron chi connectivity index (χ2n) is 4.50. The maximum absolute atomic E-state index is 12.5. The number of hydrogen-bond acceptors (Lipinski definition) is 1. The monoisotopic (exact) mass is 282 g/mol. The van der Waals surface area contributed by atoms with Crippen molar-refractivity contribution in [3.8, 4) is 0 Å². The van der Waals surface area contributed by atoms with Gasteiger partial charge >= 0.3 is 6.18 Å². The highest BCUT2D eigenvalue weighted by molar-refractivity contribution is 7.80. The number of thiol groups is 1. The van der Waals surface area contributed by atoms with Crippen molar-refractivity contribution < 1.29 is 13.2 Å². The summed E-state index contributed by atoms with van der Waals surface area (Å²) in [6, 6.07) is 11.6. The van der Waals surface area contributed by atoms with Crippen LogP contribution in [-0.4, -0.2) is 0 Å². The third kappa shape index (κ3) is 3.53. The average molecular weight is 282 g/mol. The molecular formula is C15H13F3S. The van der Waals surface area contributed by atoms with E-state index in [0.29, 0.717) is 11.3 Å². The van der Waals surface area contributed by atoms with Crippen LogP contribution < -0.4 is 0 Å². The summed E-state index contributed by atoms with van der Waals surface area (Å²) < 4.78 is 37.6. The zero-order chi connectivity index (χ0) is 14.0. The van der Waals surface area contributed by atoms with Crippen molar-refractivity contribution in [2.24, 2.45) is 0 Å². The molecule has 0 N–H and O–H groups in total. The minimum atomic E-state index is -4.32. The average Bonchev–Trinajstić information content (AvgIpc) is 2.33. The normalized spacial score (nSPS) is 11.6. The van der Waals surface area contributed by atoms with Crippen molar-refractivity contribution in [1.82, 2.24) is 0 Å². The van der Waals surface area contributed by atoms with E-state index < -0.39 is 11.7 Å². The second kappa shape index (κ2) is 5.29. The van der Waals surface area contributed by atoms with Gasteiger partial charge in [0.1, 0.15) is 0 Å². The van der Waals surface area contributed by atoms with E-state index in [9.17, 15) is 13.2 Å². The number of rotatable bonds is 2. The van der Waals surface area contributed by atoms with E-state index in [1.807, 2.05) is 31.2 Å². The molecule has 0 heterocycles. The third-order valence-electron chi connectivity index (χ3n) is 2.93. The Bertz CT molecular complexity index is 571. The number of benzene rings is 2. The first kappa shape index (κ1) is 14.0. The third-order valence-corrected chi connectivity index (χ3v) is 3.34. The van der Waals surface area contributed by atoms with Gasteiger partial charge in [0.15, 0.2) is 0 Å². The van der Waals surface area contributed by atoms with Crippen LogP contribution in [0.5, 0.6) is 0 Å². The van der Waals surface area contributed by atoms with Gasteiger partial charge in [0.05, 0.1) is 5.56 Å². The van der Waals surface area contributed by atoms with Crippen LogP contribution in [0.15, 0.2) is 47.4 Å². The second-order valence-corrected chi connectivity index (χ2v) is 4.99. The van der Waals surface area contributed by atoms with Crippen molar-refractivity contribution in [2.45, 2.75) is 24.4 Å². The molecule has 4 heteroatoms. The summed E-state index contributed by atoms with van der Waals surface area (Å²) in [6.07, 6.45) is -3.74. The van der Waals surface area contributed by atoms with E-state index in [1.54, 1.807) is 0 Å². The van der Waals surface area contributed by atoms with Gasteiger partial charge in [-0.05, 0) is 36.6 Å². The zero-order valence-electron chi connectivity index (χ0n) is 10.3. The molecule has 0 aromatic heterocycles. The smallest absolute Gasteiger partial charge is 0.166 e. The van der Waals surface area contributed by atoms with E-state index in [1.165, 1.54) is 6.07 Å². The highest BCUT2D eigenvalue weighted by atomic mass is 32.1. The van der Waals surface area contributed by atoms with Crippen LogP contribution in [0.4, 0.5) is 13.2 Å². The lowest BCUT2D eigenvalue weighted by atomic mass is 10.0. The lowest BCUT2D eigenvalue weighted by molar-refractivity contribution is -0.137. The SMILES string of the molecule is Cc1ccc(Cc2ccc(C(F)(F)F)cc2S)cc1. The molecule has 2 aromatic rings. The van der Waals surface area contributed by atoms with Gasteiger partial charge in [0.25, 0.3) is 0 Å². The molecule has 19 heavy (non-hydrogen) atoms. The maximum Gasteiger partial charge on any atom is 0.416 e. The Morgan fingerprint density at radius 2 is 1.63 bits per heavy atom. The van der Waals surface area contributed by atoms with E-state index in [-0.39, 0.29) is 0 Å². The predicted molar refractivity (Wildman–Crippen MR) is 72.7 cm³/mol. The molecule has 0 atom stereocenters. The fourth-order valence-electron chi connectivity index (χ4n) is 1.82. The molecule has 0 saturated carbocycles. The summed E-state index contributed by atoms with van der Waals surface area (Å²) in [6.45, 7) is 1.99. The molecule has 0 aliphatic carbocycles. The van der Waals surface area contributed by atoms with Crippen LogP contribution in [0, 0.1) is 6.92 Å². The molecule has 2 aromatic carbocycles. The standard InChI is InChI=1S/C15H13F3S/c1-10-2-4-11(5-3-10)8-12-6-7-13(9-14(12)19)15(16,17)18/h2-7,9,19H,8H2,1H3. The first-order chi connectivity index (χ1) is 8.86. The van der Waals surface area contributed by atoms with Gasteiger partial charge in [-0.1, -0.05) is 35.9 Å². The highest BCUT2D eigenvalue weighted by Crippen LogP contribution is 2.32. The molecule has 0 spiro atoms. The van der Waals surface area contributed by atoms with Crippen molar-refractivity contribution in [3.63, 3.8) is 0 Å². The minimum Gasteiger partial charge on any atom is -0.166 e. The van der Waals surface area contributed by atoms with Gasteiger partial charge in [0.2, 0.25) is 0 Å².